The highest BCUT2D eigenvalue weighted by atomic mass is 16.6. The van der Waals surface area contributed by atoms with Crippen molar-refractivity contribution in [3.05, 3.63) is 24.3 Å². The third-order valence-electron chi connectivity index (χ3n) is 5.41. The number of imide groups is 2. The first-order valence-electron chi connectivity index (χ1n) is 10.2. The van der Waals surface area contributed by atoms with Crippen LogP contribution in [0, 0.1) is 11.8 Å². The van der Waals surface area contributed by atoms with E-state index in [1.54, 1.807) is 0 Å². The Balaban J connectivity index is 0.000000196. The number of nitrogens with zero attached hydrogens (tertiary/aromatic N) is 2. The maximum absolute atomic E-state index is 12.2. The average Bonchev–Trinajstić information content (AvgIpc) is 3.56. The van der Waals surface area contributed by atoms with Gasteiger partial charge in [0.05, 0.1) is 37.1 Å². The largest absolute Gasteiger partial charge is 0.448 e. The van der Waals surface area contributed by atoms with E-state index in [0.29, 0.717) is 0 Å². The molecular formula is C20H24N4O9. The predicted octanol–water partition coefficient (Wildman–Crippen LogP) is -1.45. The lowest BCUT2D eigenvalue weighted by Gasteiger charge is -2.17. The van der Waals surface area contributed by atoms with Crippen LogP contribution in [0.1, 0.15) is 0 Å². The Morgan fingerprint density at radius 3 is 1.67 bits per heavy atom. The predicted molar refractivity (Wildman–Crippen MR) is 108 cm³/mol. The van der Waals surface area contributed by atoms with Crippen LogP contribution < -0.4 is 10.6 Å². The lowest BCUT2D eigenvalue weighted by atomic mass is 9.85. The first kappa shape index (κ1) is 23.9. The Labute approximate surface area is 188 Å². The highest BCUT2D eigenvalue weighted by Crippen LogP contribution is 2.44. The van der Waals surface area contributed by atoms with Crippen molar-refractivity contribution in [1.82, 2.24) is 20.4 Å². The highest BCUT2D eigenvalue weighted by molar-refractivity contribution is 6.12. The van der Waals surface area contributed by atoms with Crippen molar-refractivity contribution in [2.75, 3.05) is 40.4 Å². The van der Waals surface area contributed by atoms with Gasteiger partial charge in [0.15, 0.2) is 0 Å². The van der Waals surface area contributed by atoms with Crippen LogP contribution in [-0.4, -0.2) is 98.2 Å². The Kier molecular flexibility index (Phi) is 7.43. The molecule has 0 aromatic rings. The molecule has 4 aliphatic heterocycles. The van der Waals surface area contributed by atoms with Crippen LogP contribution in [0.3, 0.4) is 0 Å². The monoisotopic (exact) mass is 464 g/mol. The molecule has 0 radical (unpaired) electrons. The van der Waals surface area contributed by atoms with E-state index in [4.69, 9.17) is 9.47 Å². The number of rotatable bonds is 6. The van der Waals surface area contributed by atoms with Crippen LogP contribution in [0.5, 0.6) is 0 Å². The SMILES string of the molecule is CNC(=O)OCCN1C(=O)C2C3C=CC(O3)C2C1=O.CNC(=O)OCCN1C(=O)C=CC1=O. The second-order valence-electron chi connectivity index (χ2n) is 7.26. The molecule has 178 valence electrons. The van der Waals surface area contributed by atoms with Gasteiger partial charge in [-0.25, -0.2) is 9.59 Å². The van der Waals surface area contributed by atoms with Crippen molar-refractivity contribution < 1.29 is 43.0 Å². The minimum absolute atomic E-state index is 0.000211. The van der Waals surface area contributed by atoms with Gasteiger partial charge in [-0.1, -0.05) is 12.2 Å². The Morgan fingerprint density at radius 1 is 0.818 bits per heavy atom. The molecule has 0 aliphatic carbocycles. The van der Waals surface area contributed by atoms with E-state index in [0.717, 1.165) is 4.90 Å². The summed E-state index contributed by atoms with van der Waals surface area (Å²) in [6.45, 7) is 0.175. The van der Waals surface area contributed by atoms with Gasteiger partial charge < -0.3 is 24.8 Å². The van der Waals surface area contributed by atoms with E-state index in [2.05, 4.69) is 15.4 Å². The molecule has 2 N–H and O–H groups in total. The molecule has 4 rings (SSSR count). The fraction of sp³-hybridized carbons (Fsp3) is 0.500. The number of carbonyl (C=O) groups is 6. The molecule has 13 nitrogen and oxygen atoms in total. The standard InChI is InChI=1S/C12H14N2O5.C8H10N2O4/c1-13-12(17)18-5-4-14-10(15)8-6-2-3-7(19-6)9(8)11(14)16;1-9-8(13)14-5-4-10-6(11)2-3-7(10)12/h2-3,6-9H,4-5H2,1H3,(H,13,17);2-3H,4-5H2,1H3,(H,9,13). The maximum atomic E-state index is 12.2. The van der Waals surface area contributed by atoms with Gasteiger partial charge in [0.1, 0.15) is 13.2 Å². The summed E-state index contributed by atoms with van der Waals surface area (Å²) < 4.78 is 14.9. The number of fused-ring (bicyclic) bond motifs is 5. The molecule has 4 aliphatic rings. The fourth-order valence-electron chi connectivity index (χ4n) is 3.84. The molecule has 4 unspecified atom stereocenters. The molecule has 2 saturated heterocycles. The molecule has 0 saturated carbocycles. The summed E-state index contributed by atoms with van der Waals surface area (Å²) in [5.41, 5.74) is 0. The minimum atomic E-state index is -0.586. The van der Waals surface area contributed by atoms with Gasteiger partial charge in [0.2, 0.25) is 11.8 Å². The lowest BCUT2D eigenvalue weighted by molar-refractivity contribution is -0.143. The van der Waals surface area contributed by atoms with Crippen LogP contribution in [0.15, 0.2) is 24.3 Å². The third kappa shape index (κ3) is 5.03. The van der Waals surface area contributed by atoms with Crippen molar-refractivity contribution >= 4 is 35.8 Å². The van der Waals surface area contributed by atoms with E-state index < -0.39 is 24.0 Å². The van der Waals surface area contributed by atoms with Gasteiger partial charge in [-0.15, -0.1) is 0 Å². The van der Waals surface area contributed by atoms with Crippen molar-refractivity contribution in [3.63, 3.8) is 0 Å². The number of ether oxygens (including phenoxy) is 3. The molecule has 13 heteroatoms. The normalized spacial score (nSPS) is 26.4. The fourth-order valence-corrected chi connectivity index (χ4v) is 3.84. The first-order valence-corrected chi connectivity index (χ1v) is 10.2. The van der Waals surface area contributed by atoms with Gasteiger partial charge in [0, 0.05) is 26.2 Å². The van der Waals surface area contributed by atoms with E-state index in [1.807, 2.05) is 12.2 Å². The quantitative estimate of drug-likeness (QED) is 0.354. The molecule has 2 bridgehead atoms. The smallest absolute Gasteiger partial charge is 0.406 e. The van der Waals surface area contributed by atoms with Crippen molar-refractivity contribution in [1.29, 1.82) is 0 Å². The van der Waals surface area contributed by atoms with Crippen LogP contribution >= 0.6 is 0 Å². The van der Waals surface area contributed by atoms with Gasteiger partial charge in [-0.05, 0) is 0 Å². The van der Waals surface area contributed by atoms with E-state index in [1.165, 1.54) is 31.1 Å². The molecule has 33 heavy (non-hydrogen) atoms. The number of alkyl carbamates (subject to hydrolysis) is 2. The van der Waals surface area contributed by atoms with Crippen molar-refractivity contribution in [3.8, 4) is 0 Å². The van der Waals surface area contributed by atoms with Crippen LogP contribution in [0.2, 0.25) is 0 Å². The molecule has 4 heterocycles. The summed E-state index contributed by atoms with van der Waals surface area (Å²) in [5, 5.41) is 4.54. The number of hydrogen-bond donors (Lipinski definition) is 2. The molecule has 0 spiro atoms. The van der Waals surface area contributed by atoms with Crippen LogP contribution in [0.4, 0.5) is 9.59 Å². The van der Waals surface area contributed by atoms with Crippen molar-refractivity contribution in [2.24, 2.45) is 11.8 Å². The van der Waals surface area contributed by atoms with Crippen LogP contribution in [0.25, 0.3) is 0 Å². The molecular weight excluding hydrogens is 440 g/mol. The number of nitrogens with one attached hydrogen (secondary N) is 2. The molecule has 4 atom stereocenters. The van der Waals surface area contributed by atoms with Gasteiger partial charge in [0.25, 0.3) is 11.8 Å². The summed E-state index contributed by atoms with van der Waals surface area (Å²) in [4.78, 5) is 70.0. The maximum Gasteiger partial charge on any atom is 0.406 e. The van der Waals surface area contributed by atoms with Gasteiger partial charge in [-0.2, -0.15) is 0 Å². The van der Waals surface area contributed by atoms with Crippen molar-refractivity contribution in [2.45, 2.75) is 12.2 Å². The number of amides is 6. The second-order valence-corrected chi connectivity index (χ2v) is 7.26. The molecule has 0 aromatic carbocycles. The second kappa shape index (κ2) is 10.3. The lowest BCUT2D eigenvalue weighted by Crippen LogP contribution is -2.37. The number of likely N-dealkylation sites (tertiary alicyclic amines) is 1. The van der Waals surface area contributed by atoms with Gasteiger partial charge >= 0.3 is 12.2 Å². The Morgan fingerprint density at radius 2 is 1.24 bits per heavy atom. The average molecular weight is 464 g/mol. The zero-order valence-corrected chi connectivity index (χ0v) is 18.0. The Bertz CT molecular complexity index is 867. The van der Waals surface area contributed by atoms with E-state index >= 15 is 0 Å². The highest BCUT2D eigenvalue weighted by Gasteiger charge is 2.60. The molecule has 2 fully saturated rings. The first-order chi connectivity index (χ1) is 15.8. The minimum Gasteiger partial charge on any atom is -0.448 e. The Hall–Kier alpha value is -3.74. The summed E-state index contributed by atoms with van der Waals surface area (Å²) >= 11 is 0. The van der Waals surface area contributed by atoms with E-state index in [-0.39, 0.29) is 62.1 Å². The van der Waals surface area contributed by atoms with E-state index in [9.17, 15) is 28.8 Å². The van der Waals surface area contributed by atoms with Crippen LogP contribution in [-0.2, 0) is 33.4 Å². The summed E-state index contributed by atoms with van der Waals surface area (Å²) in [6, 6.07) is 0. The summed E-state index contributed by atoms with van der Waals surface area (Å²) in [7, 11) is 2.87. The molecule has 0 aromatic heterocycles. The summed E-state index contributed by atoms with van der Waals surface area (Å²) in [5.74, 6) is -2.02. The summed E-state index contributed by atoms with van der Waals surface area (Å²) in [6.07, 6.45) is 4.31. The zero-order chi connectivity index (χ0) is 24.1. The number of carbonyl (C=O) groups excluding carboxylic acids is 6. The topological polar surface area (TPSA) is 161 Å². The number of hydrogen-bond acceptors (Lipinski definition) is 9. The third-order valence-corrected chi connectivity index (χ3v) is 5.41. The zero-order valence-electron chi connectivity index (χ0n) is 18.0. The molecule has 6 amide bonds. The van der Waals surface area contributed by atoms with Gasteiger partial charge in [-0.3, -0.25) is 29.0 Å².